The minimum atomic E-state index is -0.381. The lowest BCUT2D eigenvalue weighted by Crippen LogP contribution is -1.98. The highest BCUT2D eigenvalue weighted by Crippen LogP contribution is 2.35. The minimum Gasteiger partial charge on any atom is -0.493 e. The van der Waals surface area contributed by atoms with Gasteiger partial charge in [0.15, 0.2) is 0 Å². The third kappa shape index (κ3) is 3.89. The van der Waals surface area contributed by atoms with Gasteiger partial charge >= 0.3 is 0 Å². The fourth-order valence-corrected chi connectivity index (χ4v) is 2.28. The van der Waals surface area contributed by atoms with Gasteiger partial charge < -0.3 is 9.47 Å². The third-order valence-electron chi connectivity index (χ3n) is 3.20. The number of hydrogen-bond donors (Lipinski definition) is 0. The van der Waals surface area contributed by atoms with Gasteiger partial charge in [0, 0.05) is 12.1 Å². The van der Waals surface area contributed by atoms with Gasteiger partial charge in [0.05, 0.1) is 16.1 Å². The average molecular weight is 372 g/mol. The molecular weight excluding hydrogens is 359 g/mol. The van der Waals surface area contributed by atoms with Gasteiger partial charge in [-0.15, -0.1) is 0 Å². The molecule has 1 saturated carbocycles. The van der Waals surface area contributed by atoms with Crippen molar-refractivity contribution in [1.29, 1.82) is 0 Å². The summed E-state index contributed by atoms with van der Waals surface area (Å²) < 4.78 is 25.1. The monoisotopic (exact) mass is 370 g/mol. The number of halogens is 3. The fraction of sp³-hybridized carbons (Fsp3) is 0.250. The van der Waals surface area contributed by atoms with Crippen LogP contribution in [0.1, 0.15) is 12.8 Å². The third-order valence-corrected chi connectivity index (χ3v) is 4.14. The van der Waals surface area contributed by atoms with Gasteiger partial charge in [-0.25, -0.2) is 4.39 Å². The summed E-state index contributed by atoms with van der Waals surface area (Å²) in [4.78, 5) is 0. The summed E-state index contributed by atoms with van der Waals surface area (Å²) >= 11 is 9.27. The van der Waals surface area contributed by atoms with Gasteiger partial charge in [0.25, 0.3) is 0 Å². The highest BCUT2D eigenvalue weighted by Gasteiger charge is 2.22. The highest BCUT2D eigenvalue weighted by molar-refractivity contribution is 9.10. The van der Waals surface area contributed by atoms with Crippen molar-refractivity contribution in [2.75, 3.05) is 6.61 Å². The summed E-state index contributed by atoms with van der Waals surface area (Å²) in [5.74, 6) is 1.89. The first kappa shape index (κ1) is 14.7. The molecule has 0 N–H and O–H groups in total. The van der Waals surface area contributed by atoms with Gasteiger partial charge in [-0.3, -0.25) is 0 Å². The highest BCUT2D eigenvalue weighted by atomic mass is 79.9. The molecule has 1 aliphatic carbocycles. The molecule has 0 aromatic heterocycles. The molecule has 1 aliphatic rings. The fourth-order valence-electron chi connectivity index (χ4n) is 1.82. The zero-order chi connectivity index (χ0) is 14.8. The predicted molar refractivity (Wildman–Crippen MR) is 83.8 cm³/mol. The largest absolute Gasteiger partial charge is 0.493 e. The van der Waals surface area contributed by atoms with Crippen LogP contribution in [0.2, 0.25) is 5.02 Å². The van der Waals surface area contributed by atoms with Crippen LogP contribution in [0.25, 0.3) is 0 Å². The summed E-state index contributed by atoms with van der Waals surface area (Å²) in [5, 5.41) is 0.437. The topological polar surface area (TPSA) is 18.5 Å². The molecule has 0 spiro atoms. The predicted octanol–water partition coefficient (Wildman–Crippen LogP) is 5.82. The lowest BCUT2D eigenvalue weighted by molar-refractivity contribution is 0.299. The van der Waals surface area contributed by atoms with Gasteiger partial charge in [0.2, 0.25) is 0 Å². The normalized spacial score (nSPS) is 14.0. The van der Waals surface area contributed by atoms with E-state index in [2.05, 4.69) is 15.9 Å². The zero-order valence-corrected chi connectivity index (χ0v) is 13.5. The Morgan fingerprint density at radius 3 is 2.57 bits per heavy atom. The molecule has 0 saturated heterocycles. The van der Waals surface area contributed by atoms with E-state index in [1.54, 1.807) is 30.3 Å². The molecule has 0 radical (unpaired) electrons. The van der Waals surface area contributed by atoms with Crippen LogP contribution < -0.4 is 9.47 Å². The maximum atomic E-state index is 13.4. The molecule has 3 rings (SSSR count). The van der Waals surface area contributed by atoms with Crippen LogP contribution in [0.5, 0.6) is 17.2 Å². The Morgan fingerprint density at radius 2 is 1.90 bits per heavy atom. The van der Waals surface area contributed by atoms with Crippen molar-refractivity contribution < 1.29 is 13.9 Å². The lowest BCUT2D eigenvalue weighted by Gasteiger charge is -2.10. The molecule has 2 aromatic rings. The summed E-state index contributed by atoms with van der Waals surface area (Å²) in [7, 11) is 0. The van der Waals surface area contributed by atoms with Gasteiger partial charge in [-0.2, -0.15) is 0 Å². The van der Waals surface area contributed by atoms with E-state index in [4.69, 9.17) is 21.1 Å². The quantitative estimate of drug-likeness (QED) is 0.659. The lowest BCUT2D eigenvalue weighted by atomic mass is 10.3. The second kappa shape index (κ2) is 6.24. The number of rotatable bonds is 5. The first-order chi connectivity index (χ1) is 10.1. The SMILES string of the molecule is Fc1cc(Oc2ccc(OCC3CC3)cc2Cl)ccc1Br. The van der Waals surface area contributed by atoms with Crippen LogP contribution in [-0.4, -0.2) is 6.61 Å². The van der Waals surface area contributed by atoms with E-state index >= 15 is 0 Å². The Morgan fingerprint density at radius 1 is 1.14 bits per heavy atom. The number of benzene rings is 2. The van der Waals surface area contributed by atoms with Crippen molar-refractivity contribution in [3.05, 3.63) is 51.7 Å². The molecule has 2 nitrogen and oxygen atoms in total. The average Bonchev–Trinajstić information content (AvgIpc) is 3.27. The molecule has 0 unspecified atom stereocenters. The van der Waals surface area contributed by atoms with Crippen LogP contribution in [-0.2, 0) is 0 Å². The standard InChI is InChI=1S/C16H13BrClFO2/c17-13-5-3-12(8-15(13)19)21-16-6-4-11(7-14(16)18)20-9-10-1-2-10/h3-8,10H,1-2,9H2. The first-order valence-electron chi connectivity index (χ1n) is 6.67. The van der Waals surface area contributed by atoms with Gasteiger partial charge in [-0.05, 0) is 59.0 Å². The van der Waals surface area contributed by atoms with E-state index in [0.29, 0.717) is 26.9 Å². The molecule has 0 amide bonds. The van der Waals surface area contributed by atoms with Crippen molar-refractivity contribution in [2.24, 2.45) is 5.92 Å². The molecule has 5 heteroatoms. The van der Waals surface area contributed by atoms with Crippen LogP contribution >= 0.6 is 27.5 Å². The second-order valence-corrected chi connectivity index (χ2v) is 6.29. The second-order valence-electron chi connectivity index (χ2n) is 5.02. The molecule has 0 atom stereocenters. The molecule has 1 fully saturated rings. The minimum absolute atomic E-state index is 0.381. The zero-order valence-electron chi connectivity index (χ0n) is 11.1. The molecule has 110 valence electrons. The summed E-state index contributed by atoms with van der Waals surface area (Å²) in [5.41, 5.74) is 0. The van der Waals surface area contributed by atoms with E-state index in [9.17, 15) is 4.39 Å². The summed E-state index contributed by atoms with van der Waals surface area (Å²) in [6, 6.07) is 9.81. The maximum absolute atomic E-state index is 13.4. The summed E-state index contributed by atoms with van der Waals surface area (Å²) in [6.45, 7) is 0.731. The van der Waals surface area contributed by atoms with Crippen molar-refractivity contribution in [1.82, 2.24) is 0 Å². The van der Waals surface area contributed by atoms with Crippen LogP contribution in [0.15, 0.2) is 40.9 Å². The van der Waals surface area contributed by atoms with Crippen molar-refractivity contribution in [3.8, 4) is 17.2 Å². The Balaban J connectivity index is 1.70. The van der Waals surface area contributed by atoms with Crippen molar-refractivity contribution >= 4 is 27.5 Å². The Hall–Kier alpha value is -1.26. The Kier molecular flexibility index (Phi) is 4.36. The smallest absolute Gasteiger partial charge is 0.146 e. The van der Waals surface area contributed by atoms with Crippen LogP contribution in [0.4, 0.5) is 4.39 Å². The Labute approximate surface area is 136 Å². The van der Waals surface area contributed by atoms with E-state index in [1.807, 2.05) is 0 Å². The van der Waals surface area contributed by atoms with Gasteiger partial charge in [-0.1, -0.05) is 11.6 Å². The van der Waals surface area contributed by atoms with E-state index < -0.39 is 0 Å². The number of ether oxygens (including phenoxy) is 2. The van der Waals surface area contributed by atoms with Crippen LogP contribution in [0, 0.1) is 11.7 Å². The molecule has 2 aromatic carbocycles. The number of hydrogen-bond acceptors (Lipinski definition) is 2. The molecule has 0 heterocycles. The Bertz CT molecular complexity index is 659. The first-order valence-corrected chi connectivity index (χ1v) is 7.84. The van der Waals surface area contributed by atoms with Crippen molar-refractivity contribution in [3.63, 3.8) is 0 Å². The molecule has 0 aliphatic heterocycles. The molecular formula is C16H13BrClFO2. The van der Waals surface area contributed by atoms with E-state index in [0.717, 1.165) is 12.4 Å². The summed E-state index contributed by atoms with van der Waals surface area (Å²) in [6.07, 6.45) is 2.48. The van der Waals surface area contributed by atoms with Gasteiger partial charge in [0.1, 0.15) is 23.1 Å². The van der Waals surface area contributed by atoms with E-state index in [1.165, 1.54) is 18.9 Å². The van der Waals surface area contributed by atoms with Crippen LogP contribution in [0.3, 0.4) is 0 Å². The molecule has 21 heavy (non-hydrogen) atoms. The van der Waals surface area contributed by atoms with E-state index in [-0.39, 0.29) is 5.82 Å². The van der Waals surface area contributed by atoms with Crippen molar-refractivity contribution in [2.45, 2.75) is 12.8 Å². The molecule has 0 bridgehead atoms. The maximum Gasteiger partial charge on any atom is 0.146 e.